The van der Waals surface area contributed by atoms with Crippen LogP contribution in [0, 0.1) is 12.8 Å². The average Bonchev–Trinajstić information content (AvgIpc) is 2.80. The number of methoxy groups -OCH3 is 1. The Kier molecular flexibility index (Phi) is 6.63. The van der Waals surface area contributed by atoms with E-state index in [0.29, 0.717) is 0 Å². The number of nitrogens with one attached hydrogen (secondary N) is 1. The highest BCUT2D eigenvalue weighted by Crippen LogP contribution is 2.26. The molecular formula is C26H29N3O2. The molecule has 1 saturated heterocycles. The second-order valence-corrected chi connectivity index (χ2v) is 8.14. The molecule has 5 heteroatoms. The molecule has 0 aliphatic carbocycles. The molecule has 31 heavy (non-hydrogen) atoms. The third-order valence-electron chi connectivity index (χ3n) is 5.76. The number of pyridine rings is 1. The Hall–Kier alpha value is -3.18. The first-order chi connectivity index (χ1) is 15.1. The Labute approximate surface area is 184 Å². The van der Waals surface area contributed by atoms with E-state index in [9.17, 15) is 4.79 Å². The molecule has 1 amide bonds. The first kappa shape index (κ1) is 21.1. The van der Waals surface area contributed by atoms with Gasteiger partial charge in [-0.25, -0.2) is 0 Å². The number of likely N-dealkylation sites (tertiary alicyclic amines) is 1. The van der Waals surface area contributed by atoms with Crippen LogP contribution in [0.1, 0.15) is 24.2 Å². The van der Waals surface area contributed by atoms with Crippen molar-refractivity contribution in [3.63, 3.8) is 0 Å². The minimum absolute atomic E-state index is 0.00313. The first-order valence-corrected chi connectivity index (χ1v) is 10.8. The highest BCUT2D eigenvalue weighted by Gasteiger charge is 2.26. The summed E-state index contributed by atoms with van der Waals surface area (Å²) in [6.07, 6.45) is 1.95. The summed E-state index contributed by atoms with van der Waals surface area (Å²) in [4.78, 5) is 19.8. The quantitative estimate of drug-likeness (QED) is 0.621. The van der Waals surface area contributed by atoms with Gasteiger partial charge in [0, 0.05) is 24.5 Å². The minimum Gasteiger partial charge on any atom is -0.497 e. The number of carbonyl (C=O) groups excluding carboxylic acids is 1. The van der Waals surface area contributed by atoms with E-state index in [1.165, 1.54) is 0 Å². The molecule has 2 aromatic carbocycles. The first-order valence-electron chi connectivity index (χ1n) is 10.8. The molecule has 0 radical (unpaired) electrons. The molecule has 0 saturated carbocycles. The topological polar surface area (TPSA) is 54.5 Å². The van der Waals surface area contributed by atoms with Crippen molar-refractivity contribution in [1.29, 1.82) is 0 Å². The maximum atomic E-state index is 12.9. The number of benzene rings is 2. The number of hydrogen-bond donors (Lipinski definition) is 1. The fraction of sp³-hybridized carbons (Fsp3) is 0.308. The number of piperidine rings is 1. The van der Waals surface area contributed by atoms with E-state index in [1.54, 1.807) is 7.11 Å². The molecule has 1 fully saturated rings. The Morgan fingerprint density at radius 3 is 2.68 bits per heavy atom. The van der Waals surface area contributed by atoms with Crippen LogP contribution < -0.4 is 10.1 Å². The minimum atomic E-state index is -0.00313. The predicted molar refractivity (Wildman–Crippen MR) is 124 cm³/mol. The van der Waals surface area contributed by atoms with Crippen LogP contribution in [0.5, 0.6) is 5.75 Å². The number of aryl methyl sites for hydroxylation is 1. The lowest BCUT2D eigenvalue weighted by atomic mass is 9.96. The fourth-order valence-electron chi connectivity index (χ4n) is 4.12. The smallest absolute Gasteiger partial charge is 0.228 e. The van der Waals surface area contributed by atoms with Crippen LogP contribution >= 0.6 is 0 Å². The van der Waals surface area contributed by atoms with Gasteiger partial charge in [0.25, 0.3) is 0 Å². The van der Waals surface area contributed by atoms with Gasteiger partial charge in [-0.15, -0.1) is 0 Å². The Balaban J connectivity index is 1.36. The van der Waals surface area contributed by atoms with Gasteiger partial charge in [-0.05, 0) is 73.8 Å². The van der Waals surface area contributed by atoms with Crippen LogP contribution in [-0.4, -0.2) is 36.0 Å². The molecule has 1 atom stereocenters. The molecule has 1 aromatic heterocycles. The summed E-state index contributed by atoms with van der Waals surface area (Å²) in [5, 5.41) is 3.10. The highest BCUT2D eigenvalue weighted by molar-refractivity contribution is 5.93. The molecule has 3 aromatic rings. The Bertz CT molecular complexity index is 1030. The largest absolute Gasteiger partial charge is 0.497 e. The van der Waals surface area contributed by atoms with E-state index < -0.39 is 0 Å². The summed E-state index contributed by atoms with van der Waals surface area (Å²) in [7, 11) is 1.67. The lowest BCUT2D eigenvalue weighted by Gasteiger charge is -2.31. The number of nitrogens with zero attached hydrogens (tertiary/aromatic N) is 2. The SMILES string of the molecule is COc1cccc(-c2ccc(NC(=O)[C@@H]3CCCN(Cc4cccc(C)n4)C3)cc2)c1. The second kappa shape index (κ2) is 9.75. The van der Waals surface area contributed by atoms with Crippen LogP contribution in [-0.2, 0) is 11.3 Å². The molecule has 0 bridgehead atoms. The summed E-state index contributed by atoms with van der Waals surface area (Å²) >= 11 is 0. The van der Waals surface area contributed by atoms with Gasteiger partial charge in [0.1, 0.15) is 5.75 Å². The zero-order chi connectivity index (χ0) is 21.6. The summed E-state index contributed by atoms with van der Waals surface area (Å²) in [5.41, 5.74) is 5.10. The number of amides is 1. The van der Waals surface area contributed by atoms with Gasteiger partial charge < -0.3 is 10.1 Å². The number of carbonyl (C=O) groups is 1. The van der Waals surface area contributed by atoms with E-state index in [2.05, 4.69) is 27.3 Å². The van der Waals surface area contributed by atoms with E-state index in [4.69, 9.17) is 4.74 Å². The number of anilines is 1. The molecular weight excluding hydrogens is 386 g/mol. The van der Waals surface area contributed by atoms with Gasteiger partial charge in [0.2, 0.25) is 5.91 Å². The van der Waals surface area contributed by atoms with Crippen molar-refractivity contribution in [3.8, 4) is 16.9 Å². The zero-order valence-electron chi connectivity index (χ0n) is 18.2. The van der Waals surface area contributed by atoms with Crippen LogP contribution in [0.25, 0.3) is 11.1 Å². The van der Waals surface area contributed by atoms with Crippen molar-refractivity contribution in [1.82, 2.24) is 9.88 Å². The molecule has 0 spiro atoms. The van der Waals surface area contributed by atoms with Gasteiger partial charge in [0.05, 0.1) is 18.7 Å². The van der Waals surface area contributed by atoms with Gasteiger partial charge in [-0.3, -0.25) is 14.7 Å². The maximum Gasteiger partial charge on any atom is 0.228 e. The molecule has 160 valence electrons. The summed E-state index contributed by atoms with van der Waals surface area (Å²) in [6.45, 7) is 4.58. The van der Waals surface area contributed by atoms with E-state index >= 15 is 0 Å². The van der Waals surface area contributed by atoms with Gasteiger partial charge >= 0.3 is 0 Å². The second-order valence-electron chi connectivity index (χ2n) is 8.14. The normalized spacial score (nSPS) is 16.6. The number of hydrogen-bond acceptors (Lipinski definition) is 4. The van der Waals surface area contributed by atoms with E-state index in [-0.39, 0.29) is 11.8 Å². The molecule has 5 nitrogen and oxygen atoms in total. The van der Waals surface area contributed by atoms with Crippen molar-refractivity contribution in [3.05, 3.63) is 78.1 Å². The fourth-order valence-corrected chi connectivity index (χ4v) is 4.12. The lowest BCUT2D eigenvalue weighted by Crippen LogP contribution is -2.40. The summed E-state index contributed by atoms with van der Waals surface area (Å²) in [6, 6.07) is 22.1. The predicted octanol–water partition coefficient (Wildman–Crippen LogP) is 4.92. The maximum absolute atomic E-state index is 12.9. The molecule has 2 heterocycles. The van der Waals surface area contributed by atoms with Crippen molar-refractivity contribution in [2.75, 3.05) is 25.5 Å². The van der Waals surface area contributed by atoms with Crippen LogP contribution in [0.2, 0.25) is 0 Å². The van der Waals surface area contributed by atoms with Crippen molar-refractivity contribution < 1.29 is 9.53 Å². The standard InChI is InChI=1S/C26H29N3O2/c1-19-6-3-9-24(27-19)18-29-15-5-8-22(17-29)26(30)28-23-13-11-20(12-14-23)21-7-4-10-25(16-21)31-2/h3-4,6-7,9-14,16,22H,5,8,15,17-18H2,1-2H3,(H,28,30)/t22-/m1/s1. The van der Waals surface area contributed by atoms with E-state index in [1.807, 2.05) is 61.5 Å². The molecule has 4 rings (SSSR count). The average molecular weight is 416 g/mol. The number of aromatic nitrogens is 1. The lowest BCUT2D eigenvalue weighted by molar-refractivity contribution is -0.121. The van der Waals surface area contributed by atoms with Gasteiger partial charge in [0.15, 0.2) is 0 Å². The zero-order valence-corrected chi connectivity index (χ0v) is 18.2. The number of rotatable bonds is 6. The third-order valence-corrected chi connectivity index (χ3v) is 5.76. The monoisotopic (exact) mass is 415 g/mol. The number of ether oxygens (including phenoxy) is 1. The molecule has 1 aliphatic rings. The van der Waals surface area contributed by atoms with Crippen LogP contribution in [0.4, 0.5) is 5.69 Å². The van der Waals surface area contributed by atoms with Crippen molar-refractivity contribution in [2.45, 2.75) is 26.3 Å². The van der Waals surface area contributed by atoms with Crippen LogP contribution in [0.3, 0.4) is 0 Å². The van der Waals surface area contributed by atoms with Gasteiger partial charge in [-0.1, -0.05) is 30.3 Å². The summed E-state index contributed by atoms with van der Waals surface area (Å²) < 4.78 is 5.31. The highest BCUT2D eigenvalue weighted by atomic mass is 16.5. The molecule has 1 aliphatic heterocycles. The van der Waals surface area contributed by atoms with Crippen molar-refractivity contribution in [2.24, 2.45) is 5.92 Å². The molecule has 0 unspecified atom stereocenters. The third kappa shape index (κ3) is 5.50. The molecule has 1 N–H and O–H groups in total. The van der Waals surface area contributed by atoms with E-state index in [0.717, 1.165) is 66.4 Å². The Morgan fingerprint density at radius 2 is 1.90 bits per heavy atom. The van der Waals surface area contributed by atoms with Crippen molar-refractivity contribution >= 4 is 11.6 Å². The Morgan fingerprint density at radius 1 is 1.10 bits per heavy atom. The van der Waals surface area contributed by atoms with Crippen LogP contribution in [0.15, 0.2) is 66.7 Å². The summed E-state index contributed by atoms with van der Waals surface area (Å²) in [5.74, 6) is 0.922. The van der Waals surface area contributed by atoms with Gasteiger partial charge in [-0.2, -0.15) is 0 Å².